The predicted octanol–water partition coefficient (Wildman–Crippen LogP) is 0.944. The first-order chi connectivity index (χ1) is 7.52. The zero-order valence-electron chi connectivity index (χ0n) is 10.7. The minimum atomic E-state index is -3.51. The molecular formula is C11H18O5S. The van der Waals surface area contributed by atoms with Crippen LogP contribution in [0.25, 0.3) is 0 Å². The molecule has 98 valence electrons. The zero-order valence-corrected chi connectivity index (χ0v) is 11.6. The largest absolute Gasteiger partial charge is 0.452 e. The van der Waals surface area contributed by atoms with E-state index in [1.807, 2.05) is 0 Å². The maximum atomic E-state index is 11.3. The van der Waals surface area contributed by atoms with Crippen LogP contribution in [0.15, 0.2) is 0 Å². The summed E-state index contributed by atoms with van der Waals surface area (Å²) in [5.74, 6) is 4.69. The van der Waals surface area contributed by atoms with Crippen LogP contribution < -0.4 is 0 Å². The summed E-state index contributed by atoms with van der Waals surface area (Å²) in [7, 11) is -3.51. The smallest absolute Gasteiger partial charge is 0.312 e. The Morgan fingerprint density at radius 1 is 1.35 bits per heavy atom. The highest BCUT2D eigenvalue weighted by atomic mass is 32.2. The number of hydrogen-bond donors (Lipinski definition) is 0. The van der Waals surface area contributed by atoms with E-state index in [4.69, 9.17) is 4.74 Å². The van der Waals surface area contributed by atoms with E-state index in [0.29, 0.717) is 0 Å². The van der Waals surface area contributed by atoms with Crippen molar-refractivity contribution < 1.29 is 22.1 Å². The summed E-state index contributed by atoms with van der Waals surface area (Å²) in [6.07, 6.45) is 0.198. The lowest BCUT2D eigenvalue weighted by atomic mass is 9.97. The molecule has 0 aromatic rings. The Kier molecular flexibility index (Phi) is 5.66. The highest BCUT2D eigenvalue weighted by molar-refractivity contribution is 7.86. The SMILES string of the molecule is C[C@H](C#CCOC(=O)C(C)(C)C)OS(C)(=O)=O. The molecule has 0 fully saturated rings. The maximum Gasteiger partial charge on any atom is 0.312 e. The third-order valence-corrected chi connectivity index (χ3v) is 2.15. The van der Waals surface area contributed by atoms with E-state index in [1.54, 1.807) is 20.8 Å². The van der Waals surface area contributed by atoms with Gasteiger partial charge in [0.25, 0.3) is 10.1 Å². The highest BCUT2D eigenvalue weighted by Gasteiger charge is 2.22. The minimum Gasteiger partial charge on any atom is -0.452 e. The normalized spacial score (nSPS) is 13.5. The van der Waals surface area contributed by atoms with Gasteiger partial charge in [-0.05, 0) is 27.7 Å². The summed E-state index contributed by atoms with van der Waals surface area (Å²) in [5.41, 5.74) is -0.573. The minimum absolute atomic E-state index is 0.0758. The molecule has 17 heavy (non-hydrogen) atoms. The number of carbonyl (C=O) groups is 1. The lowest BCUT2D eigenvalue weighted by Crippen LogP contribution is -2.23. The van der Waals surface area contributed by atoms with Gasteiger partial charge in [-0.2, -0.15) is 8.42 Å². The van der Waals surface area contributed by atoms with Crippen LogP contribution in [-0.2, 0) is 23.8 Å². The van der Waals surface area contributed by atoms with Gasteiger partial charge >= 0.3 is 5.97 Å². The fraction of sp³-hybridized carbons (Fsp3) is 0.727. The standard InChI is InChI=1S/C11H18O5S/c1-9(16-17(5,13)14)7-6-8-15-10(12)11(2,3)4/h9H,8H2,1-5H3/t9-/m1/s1. The van der Waals surface area contributed by atoms with Gasteiger partial charge in [-0.15, -0.1) is 0 Å². The van der Waals surface area contributed by atoms with E-state index < -0.39 is 21.6 Å². The third-order valence-electron chi connectivity index (χ3n) is 1.51. The average molecular weight is 262 g/mol. The van der Waals surface area contributed by atoms with Gasteiger partial charge in [0, 0.05) is 0 Å². The van der Waals surface area contributed by atoms with Gasteiger partial charge in [0.15, 0.2) is 6.61 Å². The second-order valence-corrected chi connectivity index (χ2v) is 6.19. The van der Waals surface area contributed by atoms with Crippen LogP contribution >= 0.6 is 0 Å². The Hall–Kier alpha value is -1.06. The van der Waals surface area contributed by atoms with E-state index in [2.05, 4.69) is 16.0 Å². The Bertz CT molecular complexity index is 419. The van der Waals surface area contributed by atoms with E-state index >= 15 is 0 Å². The topological polar surface area (TPSA) is 69.7 Å². The molecular weight excluding hydrogens is 244 g/mol. The Morgan fingerprint density at radius 2 is 1.88 bits per heavy atom. The molecule has 0 spiro atoms. The van der Waals surface area contributed by atoms with Crippen molar-refractivity contribution in [3.8, 4) is 11.8 Å². The first-order valence-corrected chi connectivity index (χ1v) is 6.88. The molecule has 0 heterocycles. The van der Waals surface area contributed by atoms with Crippen LogP contribution in [0.5, 0.6) is 0 Å². The van der Waals surface area contributed by atoms with Gasteiger partial charge in [0.2, 0.25) is 0 Å². The molecule has 0 N–H and O–H groups in total. The summed E-state index contributed by atoms with van der Waals surface area (Å²) in [6, 6.07) is 0. The lowest BCUT2D eigenvalue weighted by Gasteiger charge is -2.14. The van der Waals surface area contributed by atoms with Crippen molar-refractivity contribution in [3.05, 3.63) is 0 Å². The highest BCUT2D eigenvalue weighted by Crippen LogP contribution is 2.14. The van der Waals surface area contributed by atoms with Crippen molar-refractivity contribution in [2.45, 2.75) is 33.8 Å². The molecule has 0 aliphatic carbocycles. The first-order valence-electron chi connectivity index (χ1n) is 5.06. The molecule has 0 rings (SSSR count). The van der Waals surface area contributed by atoms with Crippen molar-refractivity contribution in [1.29, 1.82) is 0 Å². The molecule has 0 bridgehead atoms. The van der Waals surface area contributed by atoms with Crippen molar-refractivity contribution in [1.82, 2.24) is 0 Å². The zero-order chi connectivity index (χ0) is 13.7. The second kappa shape index (κ2) is 6.03. The molecule has 0 saturated heterocycles. The van der Waals surface area contributed by atoms with Crippen LogP contribution in [0.3, 0.4) is 0 Å². The van der Waals surface area contributed by atoms with Crippen LogP contribution in [0.1, 0.15) is 27.7 Å². The number of ether oxygens (including phenoxy) is 1. The van der Waals surface area contributed by atoms with E-state index in [0.717, 1.165) is 6.26 Å². The van der Waals surface area contributed by atoms with Crippen LogP contribution in [0.4, 0.5) is 0 Å². The predicted molar refractivity (Wildman–Crippen MR) is 63.6 cm³/mol. The average Bonchev–Trinajstić information content (AvgIpc) is 2.07. The first kappa shape index (κ1) is 15.9. The van der Waals surface area contributed by atoms with E-state index in [1.165, 1.54) is 6.92 Å². The molecule has 0 radical (unpaired) electrons. The van der Waals surface area contributed by atoms with E-state index in [-0.39, 0.29) is 12.6 Å². The second-order valence-electron chi connectivity index (χ2n) is 4.59. The van der Waals surface area contributed by atoms with Crippen molar-refractivity contribution in [2.75, 3.05) is 12.9 Å². The molecule has 5 nitrogen and oxygen atoms in total. The maximum absolute atomic E-state index is 11.3. The van der Waals surface area contributed by atoms with Gasteiger partial charge in [0.1, 0.15) is 6.10 Å². The monoisotopic (exact) mass is 262 g/mol. The number of esters is 1. The van der Waals surface area contributed by atoms with Gasteiger partial charge in [0.05, 0.1) is 11.7 Å². The Labute approximate surface area is 103 Å². The third kappa shape index (κ3) is 8.72. The summed E-state index contributed by atoms with van der Waals surface area (Å²) in [4.78, 5) is 11.3. The van der Waals surface area contributed by atoms with Crippen molar-refractivity contribution >= 4 is 16.1 Å². The molecule has 1 atom stereocenters. The van der Waals surface area contributed by atoms with Crippen molar-refractivity contribution in [3.63, 3.8) is 0 Å². The van der Waals surface area contributed by atoms with Crippen LogP contribution in [0, 0.1) is 17.3 Å². The van der Waals surface area contributed by atoms with Crippen LogP contribution in [-0.4, -0.2) is 33.4 Å². The van der Waals surface area contributed by atoms with Gasteiger partial charge in [-0.25, -0.2) is 0 Å². The Morgan fingerprint density at radius 3 is 2.29 bits per heavy atom. The number of carbonyl (C=O) groups excluding carboxylic acids is 1. The van der Waals surface area contributed by atoms with Gasteiger partial charge < -0.3 is 4.74 Å². The van der Waals surface area contributed by atoms with Gasteiger partial charge in [-0.1, -0.05) is 11.8 Å². The van der Waals surface area contributed by atoms with E-state index in [9.17, 15) is 13.2 Å². The fourth-order valence-corrected chi connectivity index (χ4v) is 1.36. The fourth-order valence-electron chi connectivity index (χ4n) is 0.790. The summed E-state index contributed by atoms with van der Waals surface area (Å²) < 4.78 is 30.9. The molecule has 0 unspecified atom stereocenters. The molecule has 0 aromatic carbocycles. The number of rotatable bonds is 3. The molecule has 0 amide bonds. The lowest BCUT2D eigenvalue weighted by molar-refractivity contribution is -0.151. The quantitative estimate of drug-likeness (QED) is 0.430. The number of hydrogen-bond acceptors (Lipinski definition) is 5. The molecule has 0 saturated carbocycles. The summed E-state index contributed by atoms with van der Waals surface area (Å²) in [6.45, 7) is 6.63. The van der Waals surface area contributed by atoms with Gasteiger partial charge in [-0.3, -0.25) is 8.98 Å². The Balaban J connectivity index is 4.11. The summed E-state index contributed by atoms with van der Waals surface area (Å²) in [5, 5.41) is 0. The van der Waals surface area contributed by atoms with Crippen molar-refractivity contribution in [2.24, 2.45) is 5.41 Å². The molecule has 6 heteroatoms. The molecule has 0 aromatic heterocycles. The molecule has 0 aliphatic heterocycles. The molecule has 0 aliphatic rings. The van der Waals surface area contributed by atoms with Crippen LogP contribution in [0.2, 0.25) is 0 Å². The summed E-state index contributed by atoms with van der Waals surface area (Å²) >= 11 is 0.